The van der Waals surface area contributed by atoms with Crippen LogP contribution in [0.5, 0.6) is 0 Å². The first-order chi connectivity index (χ1) is 14.0. The van der Waals surface area contributed by atoms with E-state index in [0.29, 0.717) is 6.54 Å². The Labute approximate surface area is 183 Å². The fourth-order valence-corrected chi connectivity index (χ4v) is 5.74. The minimum atomic E-state index is -3.64. The molecule has 2 aliphatic rings. The van der Waals surface area contributed by atoms with Crippen molar-refractivity contribution in [3.63, 3.8) is 0 Å². The second kappa shape index (κ2) is 8.06. The molecule has 0 N–H and O–H groups in total. The van der Waals surface area contributed by atoms with E-state index < -0.39 is 10.0 Å². The van der Waals surface area contributed by atoms with Gasteiger partial charge in [-0.25, -0.2) is 8.42 Å². The van der Waals surface area contributed by atoms with Crippen LogP contribution in [0.25, 0.3) is 10.9 Å². The van der Waals surface area contributed by atoms with Crippen molar-refractivity contribution in [2.75, 3.05) is 49.0 Å². The summed E-state index contributed by atoms with van der Waals surface area (Å²) in [7, 11) is -1.51. The van der Waals surface area contributed by atoms with E-state index in [0.717, 1.165) is 60.4 Å². The number of halogens is 1. The van der Waals surface area contributed by atoms with E-state index in [1.807, 2.05) is 36.4 Å². The number of sulfonamides is 1. The molecule has 3 heterocycles. The van der Waals surface area contributed by atoms with Crippen LogP contribution in [-0.2, 0) is 16.4 Å². The molecule has 0 atom stereocenters. The first-order valence-corrected chi connectivity index (χ1v) is 11.4. The Kier molecular flexibility index (Phi) is 5.61. The SMILES string of the molecule is CN1CCN(c2cccc3cc(S(=O)(=O)N4CCc5ccccc54)cnc23)CC1.Cl. The van der Waals surface area contributed by atoms with Gasteiger partial charge in [-0.3, -0.25) is 9.29 Å². The summed E-state index contributed by atoms with van der Waals surface area (Å²) < 4.78 is 28.2. The monoisotopic (exact) mass is 444 g/mol. The third-order valence-corrected chi connectivity index (χ3v) is 7.72. The van der Waals surface area contributed by atoms with Gasteiger partial charge < -0.3 is 9.80 Å². The third kappa shape index (κ3) is 3.51. The highest BCUT2D eigenvalue weighted by molar-refractivity contribution is 7.92. The summed E-state index contributed by atoms with van der Waals surface area (Å²) in [6.07, 6.45) is 2.25. The van der Waals surface area contributed by atoms with E-state index in [4.69, 9.17) is 0 Å². The van der Waals surface area contributed by atoms with Gasteiger partial charge in [0.1, 0.15) is 4.90 Å². The van der Waals surface area contributed by atoms with Gasteiger partial charge in [-0.1, -0.05) is 30.3 Å². The number of pyridine rings is 1. The third-order valence-electron chi connectivity index (χ3n) is 5.94. The first kappa shape index (κ1) is 20.9. The largest absolute Gasteiger partial charge is 0.367 e. The first-order valence-electron chi connectivity index (χ1n) is 9.97. The average Bonchev–Trinajstić information content (AvgIpc) is 3.18. The van der Waals surface area contributed by atoms with Gasteiger partial charge in [0.2, 0.25) is 0 Å². The van der Waals surface area contributed by atoms with Crippen LogP contribution < -0.4 is 9.21 Å². The zero-order valence-electron chi connectivity index (χ0n) is 16.9. The Balaban J connectivity index is 0.00000218. The molecule has 6 nitrogen and oxygen atoms in total. The maximum Gasteiger partial charge on any atom is 0.265 e. The lowest BCUT2D eigenvalue weighted by molar-refractivity contribution is 0.313. The Morgan fingerprint density at radius 1 is 0.900 bits per heavy atom. The summed E-state index contributed by atoms with van der Waals surface area (Å²) in [4.78, 5) is 9.50. The van der Waals surface area contributed by atoms with Gasteiger partial charge in [-0.2, -0.15) is 0 Å². The lowest BCUT2D eigenvalue weighted by atomic mass is 10.1. The normalized spacial score (nSPS) is 17.1. The summed E-state index contributed by atoms with van der Waals surface area (Å²) >= 11 is 0. The molecule has 0 saturated carbocycles. The van der Waals surface area contributed by atoms with Gasteiger partial charge in [0, 0.05) is 44.3 Å². The smallest absolute Gasteiger partial charge is 0.265 e. The van der Waals surface area contributed by atoms with Crippen LogP contribution in [0.1, 0.15) is 5.56 Å². The van der Waals surface area contributed by atoms with Gasteiger partial charge in [0.05, 0.1) is 16.9 Å². The van der Waals surface area contributed by atoms with Crippen LogP contribution in [0.2, 0.25) is 0 Å². The number of piperazine rings is 1. The molecule has 0 amide bonds. The molecule has 1 saturated heterocycles. The van der Waals surface area contributed by atoms with Crippen LogP contribution in [0.15, 0.2) is 59.6 Å². The summed E-state index contributed by atoms with van der Waals surface area (Å²) in [6, 6.07) is 15.5. The van der Waals surface area contributed by atoms with Gasteiger partial charge >= 0.3 is 0 Å². The van der Waals surface area contributed by atoms with E-state index in [1.54, 1.807) is 6.07 Å². The van der Waals surface area contributed by atoms with E-state index in [1.165, 1.54) is 10.5 Å². The highest BCUT2D eigenvalue weighted by atomic mass is 35.5. The maximum absolute atomic E-state index is 13.3. The molecule has 0 bridgehead atoms. The van der Waals surface area contributed by atoms with Crippen molar-refractivity contribution in [1.29, 1.82) is 0 Å². The topological polar surface area (TPSA) is 56.8 Å². The number of fused-ring (bicyclic) bond motifs is 2. The van der Waals surface area contributed by atoms with Crippen LogP contribution >= 0.6 is 12.4 Å². The predicted octanol–water partition coefficient (Wildman–Crippen LogP) is 3.16. The highest BCUT2D eigenvalue weighted by Gasteiger charge is 2.31. The van der Waals surface area contributed by atoms with Crippen LogP contribution in [-0.4, -0.2) is 58.1 Å². The van der Waals surface area contributed by atoms with Crippen molar-refractivity contribution in [2.24, 2.45) is 0 Å². The Morgan fingerprint density at radius 2 is 1.63 bits per heavy atom. The van der Waals surface area contributed by atoms with E-state index in [2.05, 4.69) is 27.9 Å². The number of anilines is 2. The number of rotatable bonds is 3. The molecule has 1 aromatic heterocycles. The predicted molar refractivity (Wildman–Crippen MR) is 123 cm³/mol. The van der Waals surface area contributed by atoms with Gasteiger partial charge in [0.15, 0.2) is 0 Å². The number of para-hydroxylation sites is 2. The molecule has 30 heavy (non-hydrogen) atoms. The van der Waals surface area contributed by atoms with Gasteiger partial charge in [0.25, 0.3) is 10.0 Å². The minimum absolute atomic E-state index is 0. The van der Waals surface area contributed by atoms with Gasteiger partial charge in [-0.15, -0.1) is 12.4 Å². The molecule has 158 valence electrons. The fourth-order valence-electron chi connectivity index (χ4n) is 4.25. The van der Waals surface area contributed by atoms with E-state index in [-0.39, 0.29) is 17.3 Å². The van der Waals surface area contributed by atoms with E-state index in [9.17, 15) is 8.42 Å². The molecular formula is C22H25ClN4O2S. The molecule has 2 aliphatic heterocycles. The fraction of sp³-hybridized carbons (Fsp3) is 0.318. The number of nitrogens with zero attached hydrogens (tertiary/aromatic N) is 4. The minimum Gasteiger partial charge on any atom is -0.367 e. The van der Waals surface area contributed by atoms with Crippen LogP contribution in [0.4, 0.5) is 11.4 Å². The van der Waals surface area contributed by atoms with Crippen molar-refractivity contribution in [3.05, 3.63) is 60.3 Å². The number of aromatic nitrogens is 1. The number of likely N-dealkylation sites (N-methyl/N-ethyl adjacent to an activating group) is 1. The Bertz CT molecular complexity index is 1180. The zero-order chi connectivity index (χ0) is 20.0. The standard InChI is InChI=1S/C22H24N4O2S.ClH/c1-24-11-13-25(14-12-24)21-8-4-6-18-15-19(16-23-22(18)21)29(27,28)26-10-9-17-5-2-3-7-20(17)26;/h2-8,15-16H,9-14H2,1H3;1H. The van der Waals surface area contributed by atoms with E-state index >= 15 is 0 Å². The lowest BCUT2D eigenvalue weighted by Gasteiger charge is -2.34. The molecule has 0 radical (unpaired) electrons. The van der Waals surface area contributed by atoms with Crippen molar-refractivity contribution < 1.29 is 8.42 Å². The Morgan fingerprint density at radius 3 is 2.43 bits per heavy atom. The van der Waals surface area contributed by atoms with Gasteiger partial charge in [-0.05, 0) is 37.2 Å². The summed E-state index contributed by atoms with van der Waals surface area (Å²) in [5.74, 6) is 0. The zero-order valence-corrected chi connectivity index (χ0v) is 18.5. The maximum atomic E-state index is 13.3. The van der Waals surface area contributed by atoms with Crippen molar-refractivity contribution >= 4 is 44.7 Å². The molecule has 1 fully saturated rings. The number of benzene rings is 2. The molecular weight excluding hydrogens is 420 g/mol. The molecule has 0 unspecified atom stereocenters. The summed E-state index contributed by atoms with van der Waals surface area (Å²) in [6.45, 7) is 4.39. The highest BCUT2D eigenvalue weighted by Crippen LogP contribution is 2.34. The molecule has 8 heteroatoms. The molecule has 3 aromatic rings. The summed E-state index contributed by atoms with van der Waals surface area (Å²) in [5, 5.41) is 0.856. The quantitative estimate of drug-likeness (QED) is 0.621. The second-order valence-electron chi connectivity index (χ2n) is 7.77. The Hall–Kier alpha value is -2.35. The molecule has 2 aromatic carbocycles. The van der Waals surface area contributed by atoms with Crippen molar-refractivity contribution in [3.8, 4) is 0 Å². The number of hydrogen-bond donors (Lipinski definition) is 0. The molecule has 0 spiro atoms. The molecule has 0 aliphatic carbocycles. The lowest BCUT2D eigenvalue weighted by Crippen LogP contribution is -2.44. The van der Waals surface area contributed by atoms with Crippen LogP contribution in [0.3, 0.4) is 0 Å². The van der Waals surface area contributed by atoms with Crippen molar-refractivity contribution in [1.82, 2.24) is 9.88 Å². The van der Waals surface area contributed by atoms with Crippen LogP contribution in [0, 0.1) is 0 Å². The second-order valence-corrected chi connectivity index (χ2v) is 9.63. The molecule has 5 rings (SSSR count). The number of hydrogen-bond acceptors (Lipinski definition) is 5. The summed E-state index contributed by atoms with van der Waals surface area (Å²) in [5.41, 5.74) is 3.78. The average molecular weight is 445 g/mol. The van der Waals surface area contributed by atoms with Crippen molar-refractivity contribution in [2.45, 2.75) is 11.3 Å².